The summed E-state index contributed by atoms with van der Waals surface area (Å²) in [5.41, 5.74) is 2.22. The van der Waals surface area contributed by atoms with Gasteiger partial charge < -0.3 is 5.32 Å². The van der Waals surface area contributed by atoms with Crippen molar-refractivity contribution in [2.45, 2.75) is 30.3 Å². The lowest BCUT2D eigenvalue weighted by atomic mass is 10.3. The lowest BCUT2D eigenvalue weighted by molar-refractivity contribution is 0.665. The zero-order valence-corrected chi connectivity index (χ0v) is 11.3. The van der Waals surface area contributed by atoms with Crippen LogP contribution in [0.2, 0.25) is 0 Å². The van der Waals surface area contributed by atoms with Crippen molar-refractivity contribution < 1.29 is 0 Å². The summed E-state index contributed by atoms with van der Waals surface area (Å²) in [6.07, 6.45) is 6.75. The quantitative estimate of drug-likeness (QED) is 0.837. The van der Waals surface area contributed by atoms with E-state index in [2.05, 4.69) is 47.0 Å². The molecule has 3 rings (SSSR count). The summed E-state index contributed by atoms with van der Waals surface area (Å²) in [6.45, 7) is 0.876. The molecule has 94 valence electrons. The average Bonchev–Trinajstić information content (AvgIpc) is 3.14. The average molecular weight is 259 g/mol. The molecule has 0 atom stereocenters. The second-order valence-corrected chi connectivity index (χ2v) is 5.48. The highest BCUT2D eigenvalue weighted by Gasteiger charge is 2.20. The summed E-state index contributed by atoms with van der Waals surface area (Å²) < 4.78 is 1.94. The Hall–Kier alpha value is -1.26. The summed E-state index contributed by atoms with van der Waals surface area (Å²) in [6, 6.07) is 11.3. The first kappa shape index (κ1) is 11.8. The number of rotatable bonds is 5. The van der Waals surface area contributed by atoms with E-state index in [1.165, 1.54) is 17.7 Å². The predicted octanol–water partition coefficient (Wildman–Crippen LogP) is 2.85. The van der Waals surface area contributed by atoms with Crippen LogP contribution in [-0.2, 0) is 6.54 Å². The first-order chi connectivity index (χ1) is 8.85. The van der Waals surface area contributed by atoms with Crippen molar-refractivity contribution in [3.63, 3.8) is 0 Å². The Morgan fingerprint density at radius 2 is 2.06 bits per heavy atom. The van der Waals surface area contributed by atoms with Gasteiger partial charge >= 0.3 is 0 Å². The molecule has 2 aromatic rings. The molecule has 0 spiro atoms. The minimum Gasteiger partial charge on any atom is -0.308 e. The van der Waals surface area contributed by atoms with E-state index >= 15 is 0 Å². The van der Waals surface area contributed by atoms with E-state index in [0.717, 1.165) is 24.0 Å². The zero-order chi connectivity index (χ0) is 12.4. The number of nitrogens with zero attached hydrogens (tertiary/aromatic N) is 2. The molecule has 0 saturated heterocycles. The first-order valence-electron chi connectivity index (χ1n) is 6.27. The maximum Gasteiger partial charge on any atom is 0.0766 e. The van der Waals surface area contributed by atoms with Crippen molar-refractivity contribution in [2.75, 3.05) is 6.26 Å². The Morgan fingerprint density at radius 1 is 1.28 bits per heavy atom. The van der Waals surface area contributed by atoms with Crippen molar-refractivity contribution >= 4 is 11.8 Å². The highest BCUT2D eigenvalue weighted by atomic mass is 32.2. The second kappa shape index (κ2) is 5.16. The number of thioether (sulfide) groups is 1. The van der Waals surface area contributed by atoms with Gasteiger partial charge in [0.1, 0.15) is 0 Å². The van der Waals surface area contributed by atoms with Crippen molar-refractivity contribution in [2.24, 2.45) is 0 Å². The number of benzene rings is 1. The summed E-state index contributed by atoms with van der Waals surface area (Å²) >= 11 is 1.76. The molecular weight excluding hydrogens is 242 g/mol. The summed E-state index contributed by atoms with van der Waals surface area (Å²) in [4.78, 5) is 1.28. The zero-order valence-electron chi connectivity index (χ0n) is 10.5. The van der Waals surface area contributed by atoms with Gasteiger partial charge in [-0.1, -0.05) is 0 Å². The number of aromatic nitrogens is 2. The van der Waals surface area contributed by atoms with Crippen LogP contribution in [0, 0.1) is 0 Å². The maximum absolute atomic E-state index is 4.58. The Bertz CT molecular complexity index is 514. The van der Waals surface area contributed by atoms with Gasteiger partial charge in [-0.3, -0.25) is 0 Å². The normalized spacial score (nSPS) is 14.9. The fourth-order valence-corrected chi connectivity index (χ4v) is 2.28. The highest BCUT2D eigenvalue weighted by Crippen LogP contribution is 2.19. The Kier molecular flexibility index (Phi) is 3.39. The third-order valence-corrected chi connectivity index (χ3v) is 3.87. The highest BCUT2D eigenvalue weighted by molar-refractivity contribution is 7.98. The third kappa shape index (κ3) is 2.76. The first-order valence-corrected chi connectivity index (χ1v) is 7.50. The van der Waals surface area contributed by atoms with E-state index in [4.69, 9.17) is 0 Å². The van der Waals surface area contributed by atoms with Crippen LogP contribution in [0.1, 0.15) is 18.5 Å². The second-order valence-electron chi connectivity index (χ2n) is 4.60. The van der Waals surface area contributed by atoms with Gasteiger partial charge in [-0.2, -0.15) is 5.10 Å². The summed E-state index contributed by atoms with van der Waals surface area (Å²) in [5.74, 6) is 0. The van der Waals surface area contributed by atoms with Crippen LogP contribution in [0.4, 0.5) is 0 Å². The van der Waals surface area contributed by atoms with Crippen LogP contribution in [0.15, 0.2) is 41.4 Å². The topological polar surface area (TPSA) is 29.9 Å². The number of hydrogen-bond acceptors (Lipinski definition) is 3. The molecule has 4 heteroatoms. The molecule has 0 bridgehead atoms. The Labute approximate surface area is 112 Å². The lowest BCUT2D eigenvalue weighted by Gasteiger charge is -2.03. The van der Waals surface area contributed by atoms with Crippen LogP contribution in [0.5, 0.6) is 0 Å². The van der Waals surface area contributed by atoms with Gasteiger partial charge in [0.15, 0.2) is 0 Å². The van der Waals surface area contributed by atoms with Crippen LogP contribution >= 0.6 is 11.8 Å². The fourth-order valence-electron chi connectivity index (χ4n) is 1.87. The molecule has 1 heterocycles. The van der Waals surface area contributed by atoms with E-state index in [1.54, 1.807) is 11.8 Å². The van der Waals surface area contributed by atoms with Crippen LogP contribution < -0.4 is 5.32 Å². The largest absolute Gasteiger partial charge is 0.308 e. The van der Waals surface area contributed by atoms with Gasteiger partial charge in [-0.05, 0) is 49.4 Å². The number of hydrogen-bond donors (Lipinski definition) is 1. The van der Waals surface area contributed by atoms with Gasteiger partial charge in [0, 0.05) is 23.7 Å². The predicted molar refractivity (Wildman–Crippen MR) is 75.2 cm³/mol. The van der Waals surface area contributed by atoms with Gasteiger partial charge in [0.25, 0.3) is 0 Å². The van der Waals surface area contributed by atoms with Crippen LogP contribution in [0.3, 0.4) is 0 Å². The van der Waals surface area contributed by atoms with E-state index in [1.807, 2.05) is 10.9 Å². The summed E-state index contributed by atoms with van der Waals surface area (Å²) in [5, 5.41) is 8.06. The van der Waals surface area contributed by atoms with Gasteiger partial charge in [0.05, 0.1) is 11.4 Å². The Balaban J connectivity index is 1.70. The molecule has 1 aliphatic rings. The minimum absolute atomic E-state index is 0.732. The molecule has 0 aliphatic heterocycles. The minimum atomic E-state index is 0.732. The molecule has 18 heavy (non-hydrogen) atoms. The molecule has 0 amide bonds. The molecule has 1 saturated carbocycles. The van der Waals surface area contributed by atoms with E-state index in [0.29, 0.717) is 0 Å². The van der Waals surface area contributed by atoms with E-state index in [-0.39, 0.29) is 0 Å². The monoisotopic (exact) mass is 259 g/mol. The van der Waals surface area contributed by atoms with Crippen LogP contribution in [0.25, 0.3) is 5.69 Å². The molecular formula is C14H17N3S. The molecule has 3 nitrogen and oxygen atoms in total. The standard InChI is InChI=1S/C14H17N3S/c1-18-14-6-4-13(5-7-14)17-9-8-12(16-17)10-15-11-2-3-11/h4-9,11,15H,2-3,10H2,1H3. The molecule has 1 N–H and O–H groups in total. The molecule has 1 aliphatic carbocycles. The van der Waals surface area contributed by atoms with Gasteiger partial charge in [0.2, 0.25) is 0 Å². The van der Waals surface area contributed by atoms with E-state index in [9.17, 15) is 0 Å². The van der Waals surface area contributed by atoms with Gasteiger partial charge in [-0.15, -0.1) is 11.8 Å². The smallest absolute Gasteiger partial charge is 0.0766 e. The van der Waals surface area contributed by atoms with Crippen LogP contribution in [-0.4, -0.2) is 22.1 Å². The molecule has 0 radical (unpaired) electrons. The van der Waals surface area contributed by atoms with Crippen molar-refractivity contribution in [3.8, 4) is 5.69 Å². The maximum atomic E-state index is 4.58. The van der Waals surface area contributed by atoms with E-state index < -0.39 is 0 Å². The fraction of sp³-hybridized carbons (Fsp3) is 0.357. The lowest BCUT2D eigenvalue weighted by Crippen LogP contribution is -2.15. The number of nitrogens with one attached hydrogen (secondary N) is 1. The SMILES string of the molecule is CSc1ccc(-n2ccc(CNC3CC3)n2)cc1. The van der Waals surface area contributed by atoms with Gasteiger partial charge in [-0.25, -0.2) is 4.68 Å². The third-order valence-electron chi connectivity index (χ3n) is 3.13. The van der Waals surface area contributed by atoms with Crippen molar-refractivity contribution in [3.05, 3.63) is 42.2 Å². The summed E-state index contributed by atoms with van der Waals surface area (Å²) in [7, 11) is 0. The Morgan fingerprint density at radius 3 is 2.72 bits per heavy atom. The molecule has 1 aromatic heterocycles. The molecule has 0 unspecified atom stereocenters. The van der Waals surface area contributed by atoms with Crippen molar-refractivity contribution in [1.82, 2.24) is 15.1 Å². The molecule has 1 aromatic carbocycles. The molecule has 1 fully saturated rings. The van der Waals surface area contributed by atoms with Crippen molar-refractivity contribution in [1.29, 1.82) is 0 Å².